The van der Waals surface area contributed by atoms with Gasteiger partial charge >= 0.3 is 0 Å². The van der Waals surface area contributed by atoms with Crippen molar-refractivity contribution in [2.24, 2.45) is 10.8 Å². The zero-order chi connectivity index (χ0) is 56.6. The quantitative estimate of drug-likeness (QED) is 0.123. The molecule has 7 rings (SSSR count). The Morgan fingerprint density at radius 3 is 1.23 bits per heavy atom. The van der Waals surface area contributed by atoms with Crippen LogP contribution in [0.4, 0.5) is 0 Å². The summed E-state index contributed by atoms with van der Waals surface area (Å²) in [7, 11) is 3.33. The highest BCUT2D eigenvalue weighted by Crippen LogP contribution is 2.33. The van der Waals surface area contributed by atoms with Gasteiger partial charge in [0.2, 0.25) is 47.3 Å². The molecule has 3 aromatic carbocycles. The summed E-state index contributed by atoms with van der Waals surface area (Å²) in [6.45, 7) is 15.1. The Labute approximate surface area is 460 Å². The Balaban J connectivity index is 1.04. The zero-order valence-electron chi connectivity index (χ0n) is 47.5. The van der Waals surface area contributed by atoms with E-state index in [9.17, 15) is 38.4 Å². The molecule has 8 atom stereocenters. The van der Waals surface area contributed by atoms with Gasteiger partial charge in [-0.05, 0) is 111 Å². The van der Waals surface area contributed by atoms with E-state index in [1.54, 1.807) is 62.0 Å². The summed E-state index contributed by atoms with van der Waals surface area (Å²) < 4.78 is 0. The normalized spacial score (nSPS) is 21.2. The van der Waals surface area contributed by atoms with Crippen LogP contribution < -0.4 is 31.9 Å². The third-order valence-electron chi connectivity index (χ3n) is 16.2. The number of nitrogens with zero attached hydrogens (tertiary/aromatic N) is 4. The van der Waals surface area contributed by atoms with E-state index < -0.39 is 58.9 Å². The molecule has 8 amide bonds. The monoisotopic (exact) mass is 1070 g/mol. The number of likely N-dealkylation sites (N-methyl/N-ethyl adjacent to an activating group) is 2. The highest BCUT2D eigenvalue weighted by atomic mass is 16.2. The lowest BCUT2D eigenvalue weighted by Gasteiger charge is -2.44. The molecular weight excluding hydrogens is 989 g/mol. The average Bonchev–Trinajstić information content (AvgIpc) is 3.50. The molecule has 2 aliphatic carbocycles. The van der Waals surface area contributed by atoms with E-state index in [2.05, 4.69) is 44.0 Å². The van der Waals surface area contributed by atoms with Crippen LogP contribution in [0.15, 0.2) is 72.8 Å². The molecule has 2 fully saturated rings. The first-order valence-corrected chi connectivity index (χ1v) is 27.9. The standard InChI is InChI=1S/C60H84N10O8/c1-37(61-9)53(73)65-51(59(3,4)5)57(77)69-31-29-67(35-47(69)55(75)63-45-23-15-19-41-17-11-13-21-43(41)45)49(71)33-39-25-27-40(28-26-39)34-50(72)68-30-32-70(58(78)52(60(6,7)8)66-54(74)38(2)62-10)48(36-68)56(76)64-46-24-16-20-42-18-12-14-22-44(42)46/h11-14,17-18,21-22,25-28,37-38,45-48,51-52,61-62H,15-16,19-20,23-24,29-36H2,1-10H3,(H,63,75)(H,64,76)(H,65,73)(H,66,74)/t37-,38-,45+,46+,47-,48-,51+,52+/m0/s1. The maximum atomic E-state index is 14.6. The fraction of sp³-hybridized carbons (Fsp3) is 0.567. The number of nitrogens with one attached hydrogen (secondary N) is 6. The first kappa shape index (κ1) is 59.0. The minimum Gasteiger partial charge on any atom is -0.347 e. The fourth-order valence-corrected chi connectivity index (χ4v) is 11.1. The molecule has 4 aliphatic rings. The summed E-state index contributed by atoms with van der Waals surface area (Å²) in [5.74, 6) is -2.67. The topological polar surface area (TPSA) is 222 Å². The van der Waals surface area contributed by atoms with Crippen LogP contribution in [-0.2, 0) is 64.0 Å². The molecular formula is C60H84N10O8. The van der Waals surface area contributed by atoms with Crippen LogP contribution in [0.5, 0.6) is 0 Å². The maximum Gasteiger partial charge on any atom is 0.246 e. The fourth-order valence-electron chi connectivity index (χ4n) is 11.1. The Kier molecular flexibility index (Phi) is 19.2. The molecule has 2 heterocycles. The van der Waals surface area contributed by atoms with Crippen LogP contribution >= 0.6 is 0 Å². The molecule has 0 spiro atoms. The second kappa shape index (κ2) is 25.4. The van der Waals surface area contributed by atoms with Crippen molar-refractivity contribution in [1.82, 2.24) is 51.5 Å². The molecule has 18 heteroatoms. The number of carbonyl (C=O) groups is 8. The van der Waals surface area contributed by atoms with Crippen molar-refractivity contribution in [1.29, 1.82) is 0 Å². The number of fused-ring (bicyclic) bond motifs is 2. The SMILES string of the molecule is CN[C@@H](C)C(=O)N[C@H](C(=O)N1CCN(C(=O)Cc2ccc(CC(=O)N3CCN(C(=O)[C@@H](NC(=O)[C@H](C)NC)C(C)(C)C)[C@H](C(=O)N[C@@H]4CCCc5ccccc54)C3)cc2)C[C@H]1C(=O)N[C@@H]1CCCc2ccccc21)C(C)(C)C. The summed E-state index contributed by atoms with van der Waals surface area (Å²) in [5.41, 5.74) is 4.41. The number of benzene rings is 3. The van der Waals surface area contributed by atoms with Gasteiger partial charge < -0.3 is 51.5 Å². The lowest BCUT2D eigenvalue weighted by molar-refractivity contribution is -0.152. The predicted octanol–water partition coefficient (Wildman–Crippen LogP) is 3.52. The number of hydrogen-bond donors (Lipinski definition) is 6. The minimum atomic E-state index is -1.02. The molecule has 0 saturated carbocycles. The van der Waals surface area contributed by atoms with Gasteiger partial charge in [0.15, 0.2) is 0 Å². The third-order valence-corrected chi connectivity index (χ3v) is 16.2. The van der Waals surface area contributed by atoms with E-state index in [-0.39, 0.29) is 99.6 Å². The van der Waals surface area contributed by atoms with E-state index in [1.807, 2.05) is 77.9 Å². The van der Waals surface area contributed by atoms with Crippen LogP contribution in [0, 0.1) is 10.8 Å². The molecule has 78 heavy (non-hydrogen) atoms. The highest BCUT2D eigenvalue weighted by Gasteiger charge is 2.46. The highest BCUT2D eigenvalue weighted by molar-refractivity contribution is 5.96. The van der Waals surface area contributed by atoms with Crippen LogP contribution in [0.25, 0.3) is 0 Å². The first-order chi connectivity index (χ1) is 37.0. The number of amides is 8. The summed E-state index contributed by atoms with van der Waals surface area (Å²) >= 11 is 0. The van der Waals surface area contributed by atoms with Crippen LogP contribution in [-0.4, -0.2) is 156 Å². The molecule has 0 bridgehead atoms. The van der Waals surface area contributed by atoms with Gasteiger partial charge in [0.1, 0.15) is 24.2 Å². The molecule has 6 N–H and O–H groups in total. The van der Waals surface area contributed by atoms with Gasteiger partial charge in [-0.1, -0.05) is 114 Å². The van der Waals surface area contributed by atoms with Crippen molar-refractivity contribution in [3.63, 3.8) is 0 Å². The summed E-state index contributed by atoms with van der Waals surface area (Å²) in [6.07, 6.45) is 5.09. The number of carbonyl (C=O) groups excluding carboxylic acids is 8. The summed E-state index contributed by atoms with van der Waals surface area (Å²) in [5, 5.41) is 18.2. The first-order valence-electron chi connectivity index (χ1n) is 27.9. The molecule has 0 radical (unpaired) electrons. The molecule has 0 unspecified atom stereocenters. The molecule has 3 aromatic rings. The Hall–Kier alpha value is -6.66. The maximum absolute atomic E-state index is 14.6. The van der Waals surface area contributed by atoms with Gasteiger partial charge in [0.25, 0.3) is 0 Å². The summed E-state index contributed by atoms with van der Waals surface area (Å²) in [4.78, 5) is 119. The zero-order valence-corrected chi connectivity index (χ0v) is 47.5. The van der Waals surface area contributed by atoms with Crippen molar-refractivity contribution >= 4 is 47.3 Å². The van der Waals surface area contributed by atoms with Crippen molar-refractivity contribution < 1.29 is 38.4 Å². The van der Waals surface area contributed by atoms with Gasteiger partial charge in [-0.2, -0.15) is 0 Å². The van der Waals surface area contributed by atoms with Crippen LogP contribution in [0.3, 0.4) is 0 Å². The number of rotatable bonds is 16. The van der Waals surface area contributed by atoms with E-state index in [0.29, 0.717) is 11.1 Å². The van der Waals surface area contributed by atoms with Gasteiger partial charge in [-0.15, -0.1) is 0 Å². The third kappa shape index (κ3) is 14.1. The number of piperazine rings is 2. The second-order valence-electron chi connectivity index (χ2n) is 23.9. The van der Waals surface area contributed by atoms with E-state index in [1.165, 1.54) is 20.9 Å². The van der Waals surface area contributed by atoms with Crippen LogP contribution in [0.2, 0.25) is 0 Å². The second-order valence-corrected chi connectivity index (χ2v) is 23.9. The molecule has 18 nitrogen and oxygen atoms in total. The molecule has 422 valence electrons. The molecule has 2 aliphatic heterocycles. The van der Waals surface area contributed by atoms with Crippen molar-refractivity contribution in [2.45, 2.75) is 155 Å². The van der Waals surface area contributed by atoms with Gasteiger partial charge in [0.05, 0.1) is 50.1 Å². The summed E-state index contributed by atoms with van der Waals surface area (Å²) in [6, 6.07) is 17.7. The van der Waals surface area contributed by atoms with Gasteiger partial charge in [0, 0.05) is 26.2 Å². The van der Waals surface area contributed by atoms with Gasteiger partial charge in [-0.25, -0.2) is 0 Å². The Morgan fingerprint density at radius 1 is 0.526 bits per heavy atom. The lowest BCUT2D eigenvalue weighted by Crippen LogP contribution is -2.66. The number of aryl methyl sites for hydroxylation is 2. The molecule has 0 aromatic heterocycles. The van der Waals surface area contributed by atoms with Crippen molar-refractivity contribution in [3.05, 3.63) is 106 Å². The van der Waals surface area contributed by atoms with Crippen molar-refractivity contribution in [3.8, 4) is 0 Å². The smallest absolute Gasteiger partial charge is 0.246 e. The van der Waals surface area contributed by atoms with Crippen LogP contribution in [0.1, 0.15) is 127 Å². The van der Waals surface area contributed by atoms with Gasteiger partial charge in [-0.3, -0.25) is 38.4 Å². The number of hydrogen-bond acceptors (Lipinski definition) is 10. The van der Waals surface area contributed by atoms with E-state index in [0.717, 1.165) is 49.7 Å². The van der Waals surface area contributed by atoms with Crippen molar-refractivity contribution in [2.75, 3.05) is 53.4 Å². The lowest BCUT2D eigenvalue weighted by atomic mass is 9.85. The van der Waals surface area contributed by atoms with E-state index >= 15 is 0 Å². The minimum absolute atomic E-state index is 0.0111. The Morgan fingerprint density at radius 2 is 0.885 bits per heavy atom. The average molecular weight is 1070 g/mol. The predicted molar refractivity (Wildman–Crippen MR) is 298 cm³/mol. The molecule has 2 saturated heterocycles. The Bertz CT molecular complexity index is 2500. The van der Waals surface area contributed by atoms with E-state index in [4.69, 9.17) is 0 Å². The largest absolute Gasteiger partial charge is 0.347 e.